The molecule has 0 fully saturated rings. The number of amides is 2. The van der Waals surface area contributed by atoms with Gasteiger partial charge in [0.25, 0.3) is 5.91 Å². The van der Waals surface area contributed by atoms with E-state index in [-0.39, 0.29) is 24.2 Å². The summed E-state index contributed by atoms with van der Waals surface area (Å²) in [5.41, 5.74) is 6.13. The zero-order valence-electron chi connectivity index (χ0n) is 13.6. The van der Waals surface area contributed by atoms with Crippen molar-refractivity contribution in [2.45, 2.75) is 18.9 Å². The lowest BCUT2D eigenvalue weighted by Gasteiger charge is -2.32. The van der Waals surface area contributed by atoms with Gasteiger partial charge in [0.2, 0.25) is 5.91 Å². The summed E-state index contributed by atoms with van der Waals surface area (Å²) in [5.74, 6) is -0.187. The average Bonchev–Trinajstić information content (AvgIpc) is 2.99. The quantitative estimate of drug-likeness (QED) is 0.794. The maximum absolute atomic E-state index is 12.3. The van der Waals surface area contributed by atoms with Crippen molar-refractivity contribution < 1.29 is 9.59 Å². The second kappa shape index (κ2) is 6.57. The van der Waals surface area contributed by atoms with Gasteiger partial charge in [-0.2, -0.15) is 0 Å². The Balaban J connectivity index is 1.87. The molecular formula is C16H16BrN5O2S. The van der Waals surface area contributed by atoms with Crippen LogP contribution in [0, 0.1) is 0 Å². The molecule has 0 aromatic carbocycles. The van der Waals surface area contributed by atoms with Gasteiger partial charge in [0, 0.05) is 18.9 Å². The Kier molecular flexibility index (Phi) is 4.61. The van der Waals surface area contributed by atoms with Crippen LogP contribution < -0.4 is 11.1 Å². The van der Waals surface area contributed by atoms with Crippen molar-refractivity contribution in [3.63, 3.8) is 0 Å². The topological polar surface area (TPSA) is 101 Å². The molecule has 9 heteroatoms. The molecule has 3 N–H and O–H groups in total. The third-order valence-electron chi connectivity index (χ3n) is 3.94. The number of guanidine groups is 1. The van der Waals surface area contributed by atoms with Crippen LogP contribution in [0.1, 0.15) is 28.7 Å². The van der Waals surface area contributed by atoms with Gasteiger partial charge >= 0.3 is 0 Å². The normalized spacial score (nSPS) is 20.4. The molecule has 1 aliphatic rings. The van der Waals surface area contributed by atoms with Crippen LogP contribution in [0.25, 0.3) is 0 Å². The molecule has 2 aromatic heterocycles. The first kappa shape index (κ1) is 17.6. The molecule has 0 saturated heterocycles. The molecule has 2 amide bonds. The molecule has 0 radical (unpaired) electrons. The highest BCUT2D eigenvalue weighted by atomic mass is 79.9. The Labute approximate surface area is 157 Å². The Hall–Kier alpha value is -2.26. The molecular weight excluding hydrogens is 406 g/mol. The van der Waals surface area contributed by atoms with E-state index in [0.29, 0.717) is 16.3 Å². The van der Waals surface area contributed by atoms with Crippen LogP contribution in [-0.2, 0) is 10.3 Å². The largest absolute Gasteiger partial charge is 0.369 e. The number of aliphatic imine (C=N–C) groups is 1. The van der Waals surface area contributed by atoms with Crippen molar-refractivity contribution in [2.24, 2.45) is 10.7 Å². The number of aromatic nitrogens is 1. The monoisotopic (exact) mass is 421 g/mol. The van der Waals surface area contributed by atoms with Gasteiger partial charge in [0.05, 0.1) is 20.8 Å². The summed E-state index contributed by atoms with van der Waals surface area (Å²) < 4.78 is 0.884. The van der Waals surface area contributed by atoms with Crippen LogP contribution in [-0.4, -0.2) is 34.7 Å². The molecule has 1 aliphatic heterocycles. The molecule has 2 aromatic rings. The Morgan fingerprint density at radius 2 is 2.20 bits per heavy atom. The molecule has 0 spiro atoms. The number of nitrogens with one attached hydrogen (secondary N) is 1. The number of pyridine rings is 1. The summed E-state index contributed by atoms with van der Waals surface area (Å²) in [6.07, 6.45) is 1.74. The van der Waals surface area contributed by atoms with Gasteiger partial charge in [-0.3, -0.25) is 19.5 Å². The molecule has 25 heavy (non-hydrogen) atoms. The minimum absolute atomic E-state index is 0.130. The number of hydrogen-bond acceptors (Lipinski definition) is 6. The van der Waals surface area contributed by atoms with Crippen molar-refractivity contribution in [3.05, 3.63) is 44.8 Å². The van der Waals surface area contributed by atoms with Crippen LogP contribution >= 0.6 is 27.3 Å². The molecule has 1 unspecified atom stereocenters. The summed E-state index contributed by atoms with van der Waals surface area (Å²) in [7, 11) is 1.59. The van der Waals surface area contributed by atoms with Gasteiger partial charge in [-0.25, -0.2) is 4.99 Å². The van der Waals surface area contributed by atoms with Crippen LogP contribution in [0.15, 0.2) is 39.2 Å². The minimum atomic E-state index is -0.861. The van der Waals surface area contributed by atoms with Crippen LogP contribution in [0.2, 0.25) is 0 Å². The first-order valence-corrected chi connectivity index (χ1v) is 9.04. The second-order valence-corrected chi connectivity index (χ2v) is 8.32. The fourth-order valence-electron chi connectivity index (χ4n) is 2.49. The van der Waals surface area contributed by atoms with Gasteiger partial charge < -0.3 is 11.1 Å². The zero-order valence-corrected chi connectivity index (χ0v) is 16.0. The fourth-order valence-corrected chi connectivity index (χ4v) is 3.77. The number of nitrogens with two attached hydrogens (primary N) is 1. The molecule has 1 atom stereocenters. The van der Waals surface area contributed by atoms with E-state index in [1.54, 1.807) is 38.4 Å². The summed E-state index contributed by atoms with van der Waals surface area (Å²) in [6.45, 7) is 1.80. The van der Waals surface area contributed by atoms with Crippen molar-refractivity contribution in [1.82, 2.24) is 9.88 Å². The first-order chi connectivity index (χ1) is 11.8. The molecule has 7 nitrogen and oxygen atoms in total. The average molecular weight is 422 g/mol. The summed E-state index contributed by atoms with van der Waals surface area (Å²) in [6, 6.07) is 6.97. The number of rotatable bonds is 3. The molecule has 0 saturated carbocycles. The number of carbonyl (C=O) groups is 2. The van der Waals surface area contributed by atoms with E-state index >= 15 is 0 Å². The number of carbonyl (C=O) groups excluding carboxylic acids is 2. The number of halogens is 1. The highest BCUT2D eigenvalue weighted by Crippen LogP contribution is 2.32. The standard InChI is InChI=1S/C16H16BrN5O2S/c1-16(8-13(23)22(2)15(18)21-16)11-7-9(5-6-19-11)20-14(24)10-3-4-12(17)25-10/h3-7H,8H2,1-2H3,(H2,18,21)(H,19,20,24). The molecule has 3 heterocycles. The highest BCUT2D eigenvalue weighted by molar-refractivity contribution is 9.11. The zero-order chi connectivity index (χ0) is 18.2. The van der Waals surface area contributed by atoms with E-state index in [1.807, 2.05) is 6.07 Å². The van der Waals surface area contributed by atoms with Crippen LogP contribution in [0.3, 0.4) is 0 Å². The van der Waals surface area contributed by atoms with Gasteiger partial charge in [0.1, 0.15) is 5.54 Å². The summed E-state index contributed by atoms with van der Waals surface area (Å²) in [4.78, 5) is 35.1. The summed E-state index contributed by atoms with van der Waals surface area (Å²) >= 11 is 4.69. The maximum atomic E-state index is 12.3. The number of anilines is 1. The minimum Gasteiger partial charge on any atom is -0.369 e. The lowest BCUT2D eigenvalue weighted by Crippen LogP contribution is -2.47. The Morgan fingerprint density at radius 1 is 1.44 bits per heavy atom. The highest BCUT2D eigenvalue weighted by Gasteiger charge is 2.37. The smallest absolute Gasteiger partial charge is 0.265 e. The summed E-state index contributed by atoms with van der Waals surface area (Å²) in [5, 5.41) is 2.84. The lowest BCUT2D eigenvalue weighted by molar-refractivity contribution is -0.128. The molecule has 3 rings (SSSR count). The van der Waals surface area contributed by atoms with E-state index in [1.165, 1.54) is 16.2 Å². The van der Waals surface area contributed by atoms with E-state index in [0.717, 1.165) is 3.79 Å². The van der Waals surface area contributed by atoms with Crippen molar-refractivity contribution >= 4 is 50.7 Å². The lowest BCUT2D eigenvalue weighted by atomic mass is 9.91. The maximum Gasteiger partial charge on any atom is 0.265 e. The third-order valence-corrected chi connectivity index (χ3v) is 5.56. The number of hydrogen-bond donors (Lipinski definition) is 2. The van der Waals surface area contributed by atoms with Gasteiger partial charge in [-0.05, 0) is 47.1 Å². The van der Waals surface area contributed by atoms with Crippen LogP contribution in [0.5, 0.6) is 0 Å². The SMILES string of the molecule is CN1C(=O)CC(C)(c2cc(NC(=O)c3ccc(Br)s3)ccn2)N=C1N. The van der Waals surface area contributed by atoms with Crippen molar-refractivity contribution in [3.8, 4) is 0 Å². The second-order valence-electron chi connectivity index (χ2n) is 5.86. The number of thiophene rings is 1. The van der Waals surface area contributed by atoms with Crippen LogP contribution in [0.4, 0.5) is 5.69 Å². The predicted molar refractivity (Wildman–Crippen MR) is 101 cm³/mol. The predicted octanol–water partition coefficient (Wildman–Crippen LogP) is 2.55. The van der Waals surface area contributed by atoms with Crippen molar-refractivity contribution in [2.75, 3.05) is 12.4 Å². The van der Waals surface area contributed by atoms with Gasteiger partial charge in [0.15, 0.2) is 5.96 Å². The van der Waals surface area contributed by atoms with E-state index in [4.69, 9.17) is 5.73 Å². The Morgan fingerprint density at radius 3 is 2.84 bits per heavy atom. The number of nitrogens with zero attached hydrogens (tertiary/aromatic N) is 3. The Bertz CT molecular complexity index is 881. The van der Waals surface area contributed by atoms with Gasteiger partial charge in [-0.15, -0.1) is 11.3 Å². The molecule has 130 valence electrons. The third kappa shape index (κ3) is 3.57. The van der Waals surface area contributed by atoms with Crippen molar-refractivity contribution in [1.29, 1.82) is 0 Å². The molecule has 0 aliphatic carbocycles. The van der Waals surface area contributed by atoms with E-state index < -0.39 is 5.54 Å². The molecule has 0 bridgehead atoms. The van der Waals surface area contributed by atoms with E-state index in [9.17, 15) is 9.59 Å². The van der Waals surface area contributed by atoms with E-state index in [2.05, 4.69) is 31.2 Å². The first-order valence-electron chi connectivity index (χ1n) is 7.43. The van der Waals surface area contributed by atoms with Gasteiger partial charge in [-0.1, -0.05) is 0 Å². The fraction of sp³-hybridized carbons (Fsp3) is 0.250.